The molecule has 1 aliphatic heterocycles. The molecule has 1 aromatic carbocycles. The molecule has 158 valence electrons. The van der Waals surface area contributed by atoms with E-state index < -0.39 is 0 Å². The Morgan fingerprint density at radius 3 is 2.61 bits per heavy atom. The number of aryl methyl sites for hydroxylation is 1. The Morgan fingerprint density at radius 1 is 1.10 bits per heavy atom. The van der Waals surface area contributed by atoms with Gasteiger partial charge in [-0.1, -0.05) is 30.3 Å². The number of aromatic nitrogens is 3. The molecular weight excluding hydrogens is 390 g/mol. The van der Waals surface area contributed by atoms with Gasteiger partial charge in [-0.05, 0) is 43.9 Å². The zero-order chi connectivity index (χ0) is 21.6. The highest BCUT2D eigenvalue weighted by Gasteiger charge is 2.31. The maximum atomic E-state index is 13.0. The van der Waals surface area contributed by atoms with E-state index in [4.69, 9.17) is 0 Å². The van der Waals surface area contributed by atoms with Crippen LogP contribution in [0, 0.1) is 6.92 Å². The summed E-state index contributed by atoms with van der Waals surface area (Å²) in [5.74, 6) is 0.332. The molecule has 1 aliphatic rings. The van der Waals surface area contributed by atoms with Gasteiger partial charge in [-0.3, -0.25) is 14.6 Å². The van der Waals surface area contributed by atoms with Gasteiger partial charge in [0.1, 0.15) is 0 Å². The van der Waals surface area contributed by atoms with Gasteiger partial charge < -0.3 is 10.2 Å². The monoisotopic (exact) mass is 415 g/mol. The highest BCUT2D eigenvalue weighted by Crippen LogP contribution is 2.30. The highest BCUT2D eigenvalue weighted by atomic mass is 16.2. The van der Waals surface area contributed by atoms with Gasteiger partial charge in [-0.2, -0.15) is 0 Å². The van der Waals surface area contributed by atoms with Crippen LogP contribution in [0.15, 0.2) is 61.1 Å². The largest absolute Gasteiger partial charge is 0.348 e. The van der Waals surface area contributed by atoms with Crippen LogP contribution < -0.4 is 5.32 Å². The van der Waals surface area contributed by atoms with Crippen LogP contribution in [0.25, 0.3) is 0 Å². The van der Waals surface area contributed by atoms with Crippen molar-refractivity contribution in [3.8, 4) is 0 Å². The summed E-state index contributed by atoms with van der Waals surface area (Å²) in [7, 11) is 0. The van der Waals surface area contributed by atoms with Crippen molar-refractivity contribution >= 4 is 11.8 Å². The first kappa shape index (κ1) is 20.7. The quantitative estimate of drug-likeness (QED) is 0.689. The standard InChI is InChI=1S/C24H25N5O2/c1-17-20(23(30)27-15-18-7-3-2-4-8-18)16-26-22(28-17)21-9-5-6-14-29(21)24(31)19-10-12-25-13-11-19/h2-4,7-8,10-13,16,21H,5-6,9,14-15H2,1H3,(H,27,30)/t21-/m0/s1. The molecule has 2 aromatic heterocycles. The van der Waals surface area contributed by atoms with E-state index in [0.29, 0.717) is 35.7 Å². The number of likely N-dealkylation sites (tertiary alicyclic amines) is 1. The highest BCUT2D eigenvalue weighted by molar-refractivity contribution is 5.95. The van der Waals surface area contributed by atoms with E-state index in [2.05, 4.69) is 20.3 Å². The second kappa shape index (κ2) is 9.47. The van der Waals surface area contributed by atoms with Gasteiger partial charge in [0, 0.05) is 37.2 Å². The Bertz CT molecular complexity index is 1060. The molecule has 0 radical (unpaired) electrons. The molecule has 7 heteroatoms. The Balaban J connectivity index is 1.50. The first-order valence-corrected chi connectivity index (χ1v) is 10.5. The van der Waals surface area contributed by atoms with Gasteiger partial charge in [0.15, 0.2) is 5.82 Å². The van der Waals surface area contributed by atoms with Crippen molar-refractivity contribution in [2.45, 2.75) is 38.8 Å². The lowest BCUT2D eigenvalue weighted by Crippen LogP contribution is -2.39. The van der Waals surface area contributed by atoms with Gasteiger partial charge in [-0.25, -0.2) is 9.97 Å². The minimum atomic E-state index is -0.207. The van der Waals surface area contributed by atoms with E-state index in [9.17, 15) is 9.59 Å². The molecular formula is C24H25N5O2. The van der Waals surface area contributed by atoms with Crippen LogP contribution in [0.2, 0.25) is 0 Å². The zero-order valence-electron chi connectivity index (χ0n) is 17.5. The Labute approximate surface area is 181 Å². The second-order valence-electron chi connectivity index (χ2n) is 7.64. The molecule has 1 N–H and O–H groups in total. The Hall–Kier alpha value is -3.61. The van der Waals surface area contributed by atoms with Crippen molar-refractivity contribution in [1.82, 2.24) is 25.2 Å². The van der Waals surface area contributed by atoms with E-state index >= 15 is 0 Å². The van der Waals surface area contributed by atoms with E-state index in [0.717, 1.165) is 24.8 Å². The van der Waals surface area contributed by atoms with Crippen LogP contribution in [0.3, 0.4) is 0 Å². The molecule has 0 unspecified atom stereocenters. The molecule has 0 saturated carbocycles. The van der Waals surface area contributed by atoms with Gasteiger partial charge in [0.25, 0.3) is 11.8 Å². The molecule has 0 spiro atoms. The molecule has 4 rings (SSSR count). The Morgan fingerprint density at radius 2 is 1.87 bits per heavy atom. The summed E-state index contributed by atoms with van der Waals surface area (Å²) in [5, 5.41) is 2.91. The van der Waals surface area contributed by atoms with E-state index in [1.54, 1.807) is 37.6 Å². The number of nitrogens with one attached hydrogen (secondary N) is 1. The third kappa shape index (κ3) is 4.77. The summed E-state index contributed by atoms with van der Waals surface area (Å²) in [6.45, 7) is 2.91. The van der Waals surface area contributed by atoms with E-state index in [1.165, 1.54) is 0 Å². The van der Waals surface area contributed by atoms with Gasteiger partial charge >= 0.3 is 0 Å². The lowest BCUT2D eigenvalue weighted by Gasteiger charge is -2.35. The second-order valence-corrected chi connectivity index (χ2v) is 7.64. The number of hydrogen-bond donors (Lipinski definition) is 1. The van der Waals surface area contributed by atoms with Crippen LogP contribution in [-0.4, -0.2) is 38.2 Å². The van der Waals surface area contributed by atoms with E-state index in [1.807, 2.05) is 35.2 Å². The molecule has 3 heterocycles. The number of pyridine rings is 1. The molecule has 31 heavy (non-hydrogen) atoms. The first-order chi connectivity index (χ1) is 15.1. The summed E-state index contributed by atoms with van der Waals surface area (Å²) >= 11 is 0. The average molecular weight is 415 g/mol. The molecule has 3 aromatic rings. The summed E-state index contributed by atoms with van der Waals surface area (Å²) < 4.78 is 0. The number of carbonyl (C=O) groups is 2. The number of nitrogens with zero attached hydrogens (tertiary/aromatic N) is 4. The lowest BCUT2D eigenvalue weighted by atomic mass is 10.00. The van der Waals surface area contributed by atoms with Gasteiger partial charge in [0.2, 0.25) is 0 Å². The smallest absolute Gasteiger partial charge is 0.254 e. The summed E-state index contributed by atoms with van der Waals surface area (Å²) in [4.78, 5) is 40.6. The van der Waals surface area contributed by atoms with Gasteiger partial charge in [-0.15, -0.1) is 0 Å². The molecule has 0 bridgehead atoms. The van der Waals surface area contributed by atoms with Crippen LogP contribution in [-0.2, 0) is 6.54 Å². The summed E-state index contributed by atoms with van der Waals surface area (Å²) in [6, 6.07) is 13.0. The van der Waals surface area contributed by atoms with Crippen molar-refractivity contribution in [1.29, 1.82) is 0 Å². The average Bonchev–Trinajstić information content (AvgIpc) is 2.83. The fourth-order valence-corrected chi connectivity index (χ4v) is 3.85. The topological polar surface area (TPSA) is 88.1 Å². The number of piperidine rings is 1. The van der Waals surface area contributed by atoms with Crippen molar-refractivity contribution in [3.05, 3.63) is 89.3 Å². The third-order valence-corrected chi connectivity index (χ3v) is 5.53. The Kier molecular flexibility index (Phi) is 6.31. The zero-order valence-corrected chi connectivity index (χ0v) is 17.5. The molecule has 2 amide bonds. The van der Waals surface area contributed by atoms with Gasteiger partial charge in [0.05, 0.1) is 17.3 Å². The maximum Gasteiger partial charge on any atom is 0.254 e. The molecule has 1 atom stereocenters. The van der Waals surface area contributed by atoms with Crippen LogP contribution >= 0.6 is 0 Å². The predicted octanol–water partition coefficient (Wildman–Crippen LogP) is 3.48. The minimum absolute atomic E-state index is 0.0435. The molecule has 0 aliphatic carbocycles. The molecule has 1 saturated heterocycles. The third-order valence-electron chi connectivity index (χ3n) is 5.53. The SMILES string of the molecule is Cc1nc([C@@H]2CCCCN2C(=O)c2ccncc2)ncc1C(=O)NCc1ccccc1. The van der Waals surface area contributed by atoms with Crippen molar-refractivity contribution in [3.63, 3.8) is 0 Å². The maximum absolute atomic E-state index is 13.0. The van der Waals surface area contributed by atoms with Crippen LogP contribution in [0.5, 0.6) is 0 Å². The lowest BCUT2D eigenvalue weighted by molar-refractivity contribution is 0.0599. The van der Waals surface area contributed by atoms with Crippen LogP contribution in [0.4, 0.5) is 0 Å². The minimum Gasteiger partial charge on any atom is -0.348 e. The first-order valence-electron chi connectivity index (χ1n) is 10.5. The summed E-state index contributed by atoms with van der Waals surface area (Å²) in [6.07, 6.45) is 7.57. The number of amides is 2. The number of rotatable bonds is 5. The number of hydrogen-bond acceptors (Lipinski definition) is 5. The predicted molar refractivity (Wildman–Crippen MR) is 116 cm³/mol. The number of benzene rings is 1. The number of carbonyl (C=O) groups excluding carboxylic acids is 2. The normalized spacial score (nSPS) is 16.0. The van der Waals surface area contributed by atoms with Crippen molar-refractivity contribution in [2.75, 3.05) is 6.54 Å². The fourth-order valence-electron chi connectivity index (χ4n) is 3.85. The summed E-state index contributed by atoms with van der Waals surface area (Å²) in [5.41, 5.74) is 2.69. The molecule has 7 nitrogen and oxygen atoms in total. The molecule has 1 fully saturated rings. The van der Waals surface area contributed by atoms with E-state index in [-0.39, 0.29) is 17.9 Å². The fraction of sp³-hybridized carbons (Fsp3) is 0.292. The van der Waals surface area contributed by atoms with Crippen molar-refractivity contribution in [2.24, 2.45) is 0 Å². The van der Waals surface area contributed by atoms with Crippen LogP contribution in [0.1, 0.15) is 63.1 Å². The van der Waals surface area contributed by atoms with Crippen molar-refractivity contribution < 1.29 is 9.59 Å².